The van der Waals surface area contributed by atoms with Crippen molar-refractivity contribution in [2.24, 2.45) is 0 Å². The number of alkyl halides is 3. The number of hydrogen-bond acceptors (Lipinski definition) is 4. The minimum atomic E-state index is -4.73. The third-order valence-corrected chi connectivity index (χ3v) is 7.30. The van der Waals surface area contributed by atoms with Gasteiger partial charge >= 0.3 is 11.9 Å². The van der Waals surface area contributed by atoms with E-state index < -0.39 is 37.7 Å². The van der Waals surface area contributed by atoms with E-state index in [0.717, 1.165) is 11.8 Å². The van der Waals surface area contributed by atoms with Crippen LogP contribution in [0.15, 0.2) is 69.1 Å². The van der Waals surface area contributed by atoms with E-state index >= 15 is 0 Å². The summed E-state index contributed by atoms with van der Waals surface area (Å²) >= 11 is 0. The first kappa shape index (κ1) is 24.7. The van der Waals surface area contributed by atoms with E-state index in [9.17, 15) is 31.2 Å². The lowest BCUT2D eigenvalue weighted by molar-refractivity contribution is -0.137. The molecule has 1 atom stereocenters. The third-order valence-electron chi connectivity index (χ3n) is 6.19. The molecule has 35 heavy (non-hydrogen) atoms. The number of sulfone groups is 1. The zero-order valence-corrected chi connectivity index (χ0v) is 19.6. The normalized spacial score (nSPS) is 16.7. The molecular formula is C25H23F3N2O4S. The SMILES string of the molecule is CS(=O)(=O)c1ccc(C2=CCC(c3[nH]c(=O)[nH]c(=O)c3Cc3ccccc3)CC2)c(C(F)(F)F)c1. The number of aromatic nitrogens is 2. The summed E-state index contributed by atoms with van der Waals surface area (Å²) in [5.41, 5.74) is 0.0641. The van der Waals surface area contributed by atoms with Crippen molar-refractivity contribution in [3.63, 3.8) is 0 Å². The Kier molecular flexibility index (Phi) is 6.59. The summed E-state index contributed by atoms with van der Waals surface area (Å²) < 4.78 is 64.8. The van der Waals surface area contributed by atoms with Gasteiger partial charge in [0.2, 0.25) is 0 Å². The summed E-state index contributed by atoms with van der Waals surface area (Å²) in [6.07, 6.45) is -0.882. The minimum absolute atomic E-state index is 0.0627. The Morgan fingerprint density at radius 3 is 2.34 bits per heavy atom. The first-order valence-corrected chi connectivity index (χ1v) is 12.8. The lowest BCUT2D eigenvalue weighted by atomic mass is 9.82. The molecule has 10 heteroatoms. The maximum Gasteiger partial charge on any atom is 0.417 e. The van der Waals surface area contributed by atoms with Crippen LogP contribution in [0.3, 0.4) is 0 Å². The average Bonchev–Trinajstić information content (AvgIpc) is 2.80. The van der Waals surface area contributed by atoms with Crippen molar-refractivity contribution in [3.05, 3.63) is 103 Å². The Bertz CT molecular complexity index is 1500. The first-order chi connectivity index (χ1) is 16.4. The van der Waals surface area contributed by atoms with Crippen molar-refractivity contribution in [1.82, 2.24) is 9.97 Å². The molecule has 2 aromatic carbocycles. The molecule has 1 unspecified atom stereocenters. The quantitative estimate of drug-likeness (QED) is 0.537. The Hall–Kier alpha value is -3.40. The maximum atomic E-state index is 13.8. The largest absolute Gasteiger partial charge is 0.417 e. The van der Waals surface area contributed by atoms with Crippen molar-refractivity contribution in [2.45, 2.75) is 42.7 Å². The second-order valence-corrected chi connectivity index (χ2v) is 10.7. The van der Waals surface area contributed by atoms with Gasteiger partial charge in [-0.3, -0.25) is 9.78 Å². The number of allylic oxidation sites excluding steroid dienone is 2. The number of aromatic amines is 2. The molecule has 0 radical (unpaired) electrons. The zero-order chi connectivity index (χ0) is 25.4. The Morgan fingerprint density at radius 1 is 1.03 bits per heavy atom. The lowest BCUT2D eigenvalue weighted by Gasteiger charge is -2.25. The summed E-state index contributed by atoms with van der Waals surface area (Å²) in [6, 6.07) is 12.3. The van der Waals surface area contributed by atoms with Gasteiger partial charge in [0.1, 0.15) is 0 Å². The fourth-order valence-electron chi connectivity index (χ4n) is 4.46. The highest BCUT2D eigenvalue weighted by Gasteiger charge is 2.36. The van der Waals surface area contributed by atoms with Crippen LogP contribution < -0.4 is 11.2 Å². The third kappa shape index (κ3) is 5.48. The molecule has 0 amide bonds. The molecule has 1 aromatic heterocycles. The molecule has 1 heterocycles. The minimum Gasteiger partial charge on any atom is -0.311 e. The predicted octanol–water partition coefficient (Wildman–Crippen LogP) is 4.43. The van der Waals surface area contributed by atoms with Crippen LogP contribution in [0.4, 0.5) is 13.2 Å². The zero-order valence-electron chi connectivity index (χ0n) is 18.8. The van der Waals surface area contributed by atoms with Gasteiger partial charge in [-0.2, -0.15) is 13.2 Å². The monoisotopic (exact) mass is 504 g/mol. The predicted molar refractivity (Wildman–Crippen MR) is 126 cm³/mol. The summed E-state index contributed by atoms with van der Waals surface area (Å²) in [5.74, 6) is -0.253. The number of H-pyrrole nitrogens is 2. The van der Waals surface area contributed by atoms with Crippen LogP contribution in [0.2, 0.25) is 0 Å². The molecule has 0 bridgehead atoms. The molecule has 4 rings (SSSR count). The highest BCUT2D eigenvalue weighted by atomic mass is 32.2. The van der Waals surface area contributed by atoms with E-state index in [4.69, 9.17) is 0 Å². The van der Waals surface area contributed by atoms with Crippen molar-refractivity contribution in [2.75, 3.05) is 6.26 Å². The van der Waals surface area contributed by atoms with E-state index in [2.05, 4.69) is 9.97 Å². The number of hydrogen-bond donors (Lipinski definition) is 2. The average molecular weight is 505 g/mol. The van der Waals surface area contributed by atoms with Gasteiger partial charge in [-0.25, -0.2) is 13.2 Å². The Morgan fingerprint density at radius 2 is 1.74 bits per heavy atom. The number of nitrogens with one attached hydrogen (secondary N) is 2. The van der Waals surface area contributed by atoms with Crippen molar-refractivity contribution in [3.8, 4) is 0 Å². The molecule has 0 fully saturated rings. The van der Waals surface area contributed by atoms with Crippen LogP contribution >= 0.6 is 0 Å². The molecule has 3 aromatic rings. The number of halogens is 3. The second kappa shape index (κ2) is 9.33. The first-order valence-electron chi connectivity index (χ1n) is 10.9. The van der Waals surface area contributed by atoms with Gasteiger partial charge in [-0.15, -0.1) is 0 Å². The molecular weight excluding hydrogens is 481 g/mol. The van der Waals surface area contributed by atoms with Gasteiger partial charge in [-0.05, 0) is 48.1 Å². The van der Waals surface area contributed by atoms with Crippen LogP contribution in [0.5, 0.6) is 0 Å². The second-order valence-electron chi connectivity index (χ2n) is 8.64. The summed E-state index contributed by atoms with van der Waals surface area (Å²) in [7, 11) is -3.80. The van der Waals surface area contributed by atoms with Crippen molar-refractivity contribution >= 4 is 15.4 Å². The molecule has 1 aliphatic rings. The Balaban J connectivity index is 1.69. The van der Waals surface area contributed by atoms with Gasteiger partial charge < -0.3 is 4.98 Å². The molecule has 0 saturated heterocycles. The number of rotatable bonds is 5. The topological polar surface area (TPSA) is 99.9 Å². The molecule has 0 spiro atoms. The summed E-state index contributed by atoms with van der Waals surface area (Å²) in [6.45, 7) is 0. The highest BCUT2D eigenvalue weighted by Crippen LogP contribution is 2.41. The fraction of sp³-hybridized carbons (Fsp3) is 0.280. The smallest absolute Gasteiger partial charge is 0.311 e. The van der Waals surface area contributed by atoms with Crippen molar-refractivity contribution in [1.29, 1.82) is 0 Å². The molecule has 0 saturated carbocycles. The van der Waals surface area contributed by atoms with Gasteiger partial charge in [0, 0.05) is 29.9 Å². The van der Waals surface area contributed by atoms with Gasteiger partial charge in [-0.1, -0.05) is 42.5 Å². The fourth-order valence-corrected chi connectivity index (χ4v) is 5.11. The maximum absolute atomic E-state index is 13.8. The molecule has 6 nitrogen and oxygen atoms in total. The van der Waals surface area contributed by atoms with Gasteiger partial charge in [0.05, 0.1) is 10.5 Å². The summed E-state index contributed by atoms with van der Waals surface area (Å²) in [4.78, 5) is 29.2. The van der Waals surface area contributed by atoms with E-state index in [1.54, 1.807) is 6.08 Å². The van der Waals surface area contributed by atoms with Crippen LogP contribution in [0.25, 0.3) is 5.57 Å². The van der Waals surface area contributed by atoms with Crippen LogP contribution in [0.1, 0.15) is 53.1 Å². The van der Waals surface area contributed by atoms with Crippen LogP contribution in [-0.2, 0) is 22.4 Å². The van der Waals surface area contributed by atoms with Gasteiger partial charge in [0.25, 0.3) is 5.56 Å². The highest BCUT2D eigenvalue weighted by molar-refractivity contribution is 7.90. The molecule has 184 valence electrons. The number of benzene rings is 2. The van der Waals surface area contributed by atoms with E-state index in [0.29, 0.717) is 42.2 Å². The molecule has 0 aliphatic heterocycles. The lowest BCUT2D eigenvalue weighted by Crippen LogP contribution is -2.30. The summed E-state index contributed by atoms with van der Waals surface area (Å²) in [5, 5.41) is 0. The van der Waals surface area contributed by atoms with E-state index in [1.165, 1.54) is 12.1 Å². The van der Waals surface area contributed by atoms with Crippen LogP contribution in [-0.4, -0.2) is 24.6 Å². The van der Waals surface area contributed by atoms with E-state index in [1.807, 2.05) is 30.3 Å². The van der Waals surface area contributed by atoms with Crippen LogP contribution in [0, 0.1) is 0 Å². The molecule has 2 N–H and O–H groups in total. The Labute approximate surface area is 199 Å². The van der Waals surface area contributed by atoms with Gasteiger partial charge in [0.15, 0.2) is 9.84 Å². The molecule has 1 aliphatic carbocycles. The van der Waals surface area contributed by atoms with E-state index in [-0.39, 0.29) is 17.9 Å². The standard InChI is InChI=1S/C25H23F3N2O4S/c1-35(33,34)18-11-12-19(21(14-18)25(26,27)28)16-7-9-17(10-8-16)22-20(23(31)30-24(32)29-22)13-15-5-3-2-4-6-15/h2-7,11-12,14,17H,8-10,13H2,1H3,(H2,29,30,31,32). The van der Waals surface area contributed by atoms with Crippen molar-refractivity contribution < 1.29 is 21.6 Å².